The van der Waals surface area contributed by atoms with Gasteiger partial charge in [-0.05, 0) is 24.7 Å². The lowest BCUT2D eigenvalue weighted by Gasteiger charge is -2.40. The Hall–Kier alpha value is -0.180. The van der Waals surface area contributed by atoms with E-state index in [2.05, 4.69) is 13.8 Å². The maximum atomic E-state index is 12.5. The second kappa shape index (κ2) is 12.4. The lowest BCUT2D eigenvalue weighted by Crippen LogP contribution is -2.57. The molecule has 6 nitrogen and oxygen atoms in total. The van der Waals surface area contributed by atoms with Gasteiger partial charge in [-0.1, -0.05) is 91.9 Å². The molecular weight excluding hydrogens is 388 g/mol. The molecule has 2 unspecified atom stereocenters. The van der Waals surface area contributed by atoms with Crippen molar-refractivity contribution in [3.63, 3.8) is 0 Å². The van der Waals surface area contributed by atoms with E-state index in [1.54, 1.807) is 13.8 Å². The minimum Gasteiger partial charge on any atom is -0.284 e. The van der Waals surface area contributed by atoms with E-state index in [0.29, 0.717) is 25.7 Å². The van der Waals surface area contributed by atoms with Crippen LogP contribution in [-0.4, -0.2) is 30.0 Å². The first-order valence-corrected chi connectivity index (χ1v) is 13.4. The molecule has 164 valence electrons. The summed E-state index contributed by atoms with van der Waals surface area (Å²) in [6.45, 7) is 7.56. The van der Waals surface area contributed by atoms with E-state index in [9.17, 15) is 25.9 Å². The van der Waals surface area contributed by atoms with Gasteiger partial charge in [0, 0.05) is 0 Å². The van der Waals surface area contributed by atoms with E-state index in [4.69, 9.17) is 0 Å². The zero-order chi connectivity index (χ0) is 21.1. The first kappa shape index (κ1) is 26.8. The van der Waals surface area contributed by atoms with Crippen LogP contribution >= 0.6 is 0 Å². The van der Waals surface area contributed by atoms with Crippen LogP contribution in [0, 0.1) is 11.8 Å². The van der Waals surface area contributed by atoms with Gasteiger partial charge in [0.2, 0.25) is 4.08 Å². The zero-order valence-electron chi connectivity index (χ0n) is 17.5. The van der Waals surface area contributed by atoms with E-state index >= 15 is 0 Å². The van der Waals surface area contributed by atoms with Gasteiger partial charge >= 0.3 is 0 Å². The molecule has 0 aromatic rings. The molecular formula is C19H40O6S2. The summed E-state index contributed by atoms with van der Waals surface area (Å²) >= 11 is 0. The highest BCUT2D eigenvalue weighted by Gasteiger charge is 2.62. The van der Waals surface area contributed by atoms with Crippen LogP contribution in [0.5, 0.6) is 0 Å². The van der Waals surface area contributed by atoms with Crippen LogP contribution in [0.2, 0.25) is 0 Å². The third-order valence-corrected chi connectivity index (χ3v) is 9.95. The number of unbranched alkanes of at least 4 members (excludes halogenated alkanes) is 6. The summed E-state index contributed by atoms with van der Waals surface area (Å²) in [5.74, 6) is -1.68. The SMILES string of the molecule is CCCCCCC(CC)C(C(CC)CCCCCC)(S(=O)(=O)O)S(=O)(=O)O. The molecule has 0 aliphatic carbocycles. The van der Waals surface area contributed by atoms with E-state index in [-0.39, 0.29) is 12.8 Å². The van der Waals surface area contributed by atoms with Gasteiger partial charge in [0.05, 0.1) is 0 Å². The first-order chi connectivity index (χ1) is 12.5. The molecule has 2 atom stereocenters. The summed E-state index contributed by atoms with van der Waals surface area (Å²) in [4.78, 5) is 0. The van der Waals surface area contributed by atoms with Crippen molar-refractivity contribution in [2.75, 3.05) is 0 Å². The quantitative estimate of drug-likeness (QED) is 0.250. The summed E-state index contributed by atoms with van der Waals surface area (Å²) in [5.41, 5.74) is 0. The molecule has 0 spiro atoms. The maximum absolute atomic E-state index is 12.5. The summed E-state index contributed by atoms with van der Waals surface area (Å²) in [6, 6.07) is 0. The van der Waals surface area contributed by atoms with Gasteiger partial charge in [-0.25, -0.2) is 0 Å². The minimum atomic E-state index is -5.03. The predicted molar refractivity (Wildman–Crippen MR) is 111 cm³/mol. The highest BCUT2D eigenvalue weighted by molar-refractivity contribution is 8.05. The first-order valence-electron chi connectivity index (χ1n) is 10.5. The monoisotopic (exact) mass is 428 g/mol. The molecule has 0 radical (unpaired) electrons. The molecule has 0 amide bonds. The van der Waals surface area contributed by atoms with E-state index < -0.39 is 36.2 Å². The summed E-state index contributed by atoms with van der Waals surface area (Å²) in [5, 5.41) is 0. The molecule has 0 bridgehead atoms. The minimum absolute atomic E-state index is 0.261. The van der Waals surface area contributed by atoms with Crippen molar-refractivity contribution in [1.29, 1.82) is 0 Å². The Bertz CT molecular complexity index is 544. The van der Waals surface area contributed by atoms with Crippen LogP contribution in [0.15, 0.2) is 0 Å². The Morgan fingerprint density at radius 3 is 1.19 bits per heavy atom. The van der Waals surface area contributed by atoms with Crippen LogP contribution in [-0.2, 0) is 20.2 Å². The van der Waals surface area contributed by atoms with Gasteiger partial charge < -0.3 is 0 Å². The number of hydrogen-bond donors (Lipinski definition) is 2. The van der Waals surface area contributed by atoms with Gasteiger partial charge in [0.1, 0.15) is 0 Å². The Morgan fingerprint density at radius 1 is 0.630 bits per heavy atom. The van der Waals surface area contributed by atoms with Crippen molar-refractivity contribution < 1.29 is 25.9 Å². The normalized spacial score (nSPS) is 15.6. The lowest BCUT2D eigenvalue weighted by atomic mass is 9.83. The van der Waals surface area contributed by atoms with Crippen molar-refractivity contribution in [2.45, 2.75) is 109 Å². The largest absolute Gasteiger partial charge is 0.288 e. The highest BCUT2D eigenvalue weighted by atomic mass is 32.3. The Balaban J connectivity index is 6.03. The fourth-order valence-electron chi connectivity index (χ4n) is 4.32. The molecule has 8 heteroatoms. The van der Waals surface area contributed by atoms with Crippen molar-refractivity contribution in [2.24, 2.45) is 11.8 Å². The van der Waals surface area contributed by atoms with Gasteiger partial charge in [0.25, 0.3) is 20.2 Å². The summed E-state index contributed by atoms with van der Waals surface area (Å²) in [6.07, 6.45) is 8.28. The van der Waals surface area contributed by atoms with Gasteiger partial charge in [-0.2, -0.15) is 16.8 Å². The Morgan fingerprint density at radius 2 is 0.963 bits per heavy atom. The number of rotatable bonds is 16. The lowest BCUT2D eigenvalue weighted by molar-refractivity contribution is 0.244. The average molecular weight is 429 g/mol. The van der Waals surface area contributed by atoms with Crippen molar-refractivity contribution in [3.05, 3.63) is 0 Å². The van der Waals surface area contributed by atoms with E-state index in [1.165, 1.54) is 0 Å². The Kier molecular flexibility index (Phi) is 12.3. The highest BCUT2D eigenvalue weighted by Crippen LogP contribution is 2.46. The fourth-order valence-corrected chi connectivity index (χ4v) is 8.21. The van der Waals surface area contributed by atoms with Gasteiger partial charge in [0.15, 0.2) is 0 Å². The smallest absolute Gasteiger partial charge is 0.284 e. The second-order valence-electron chi connectivity index (χ2n) is 7.58. The van der Waals surface area contributed by atoms with Crippen LogP contribution in [0.3, 0.4) is 0 Å². The molecule has 2 N–H and O–H groups in total. The summed E-state index contributed by atoms with van der Waals surface area (Å²) in [7, 11) is -10.1. The molecule has 0 aliphatic heterocycles. The summed E-state index contributed by atoms with van der Waals surface area (Å²) < 4.78 is 67.6. The van der Waals surface area contributed by atoms with Crippen LogP contribution < -0.4 is 0 Å². The third kappa shape index (κ3) is 6.98. The second-order valence-corrected chi connectivity index (χ2v) is 11.1. The standard InChI is InChI=1S/C19H40O6S2/c1-5-9-11-13-15-17(7-3)19(26(20,21)22,27(23,24)25)18(8-4)16-14-12-10-6-2/h17-18H,5-16H2,1-4H3,(H,20,21,22)(H,23,24,25). The molecule has 0 rings (SSSR count). The average Bonchev–Trinajstić information content (AvgIpc) is 2.56. The topological polar surface area (TPSA) is 109 Å². The van der Waals surface area contributed by atoms with Crippen LogP contribution in [0.25, 0.3) is 0 Å². The van der Waals surface area contributed by atoms with Crippen molar-refractivity contribution in [1.82, 2.24) is 0 Å². The molecule has 0 saturated heterocycles. The molecule has 27 heavy (non-hydrogen) atoms. The molecule has 0 aliphatic rings. The van der Waals surface area contributed by atoms with Crippen LogP contribution in [0.4, 0.5) is 0 Å². The molecule has 0 heterocycles. The number of hydrogen-bond acceptors (Lipinski definition) is 4. The molecule has 0 aromatic heterocycles. The van der Waals surface area contributed by atoms with Crippen molar-refractivity contribution in [3.8, 4) is 0 Å². The van der Waals surface area contributed by atoms with E-state index in [1.807, 2.05) is 0 Å². The molecule has 0 aromatic carbocycles. The van der Waals surface area contributed by atoms with Gasteiger partial charge in [-0.15, -0.1) is 0 Å². The molecule has 0 saturated carbocycles. The van der Waals surface area contributed by atoms with Crippen molar-refractivity contribution >= 4 is 20.2 Å². The van der Waals surface area contributed by atoms with Crippen LogP contribution in [0.1, 0.15) is 105 Å². The predicted octanol–water partition coefficient (Wildman–Crippen LogP) is 5.45. The maximum Gasteiger partial charge on any atom is 0.288 e. The Labute approximate surface area is 167 Å². The van der Waals surface area contributed by atoms with Gasteiger partial charge in [-0.3, -0.25) is 9.11 Å². The fraction of sp³-hybridized carbons (Fsp3) is 1.00. The molecule has 0 fully saturated rings. The third-order valence-electron chi connectivity index (χ3n) is 5.74. The zero-order valence-corrected chi connectivity index (χ0v) is 19.1. The van der Waals surface area contributed by atoms with E-state index in [0.717, 1.165) is 38.5 Å².